The molecule has 2 heterocycles. The van der Waals surface area contributed by atoms with Crippen LogP contribution in [-0.4, -0.2) is 22.1 Å². The first kappa shape index (κ1) is 25.1. The number of primary amides is 1. The molecule has 0 aliphatic rings. The lowest BCUT2D eigenvalue weighted by Crippen LogP contribution is -2.44. The van der Waals surface area contributed by atoms with Crippen LogP contribution in [0.3, 0.4) is 0 Å². The first-order valence-electron chi connectivity index (χ1n) is 11.1. The summed E-state index contributed by atoms with van der Waals surface area (Å²) in [7, 11) is 0. The number of nitrogens with one attached hydrogen (secondary N) is 1. The third kappa shape index (κ3) is 5.00. The minimum absolute atomic E-state index is 0.0436. The van der Waals surface area contributed by atoms with Crippen LogP contribution in [0.5, 0.6) is 0 Å². The summed E-state index contributed by atoms with van der Waals surface area (Å²) in [6, 6.07) is 17.7. The largest absolute Gasteiger partial charge is 0.395 e. The summed E-state index contributed by atoms with van der Waals surface area (Å²) in [5, 5.41) is 4.82. The van der Waals surface area contributed by atoms with Crippen molar-refractivity contribution in [1.29, 1.82) is 0 Å². The number of amides is 3. The van der Waals surface area contributed by atoms with Crippen LogP contribution in [0.1, 0.15) is 47.8 Å². The smallest absolute Gasteiger partial charge is 0.273 e. The molecule has 0 aliphatic heterocycles. The number of thiophene rings is 1. The van der Waals surface area contributed by atoms with Gasteiger partial charge < -0.3 is 16.8 Å². The molecular weight excluding hydrogens is 494 g/mol. The number of hydrogen-bond donors (Lipinski definition) is 3. The monoisotopic (exact) mass is 519 g/mol. The van der Waals surface area contributed by atoms with Crippen LogP contribution in [0, 0.1) is 13.8 Å². The zero-order chi connectivity index (χ0) is 25.8. The second-order valence-corrected chi connectivity index (χ2v) is 9.91. The molecule has 0 bridgehead atoms. The number of carbonyl (C=O) groups is 3. The van der Waals surface area contributed by atoms with Gasteiger partial charge in [0.15, 0.2) is 11.7 Å². The zero-order valence-corrected chi connectivity index (χ0v) is 21.4. The zero-order valence-electron chi connectivity index (χ0n) is 19.7. The highest BCUT2D eigenvalue weighted by atomic mass is 32.1. The van der Waals surface area contributed by atoms with Crippen LogP contribution >= 0.6 is 22.9 Å². The summed E-state index contributed by atoms with van der Waals surface area (Å²) in [6.45, 7) is 4.12. The Morgan fingerprint density at radius 3 is 2.42 bits per heavy atom. The molecule has 0 saturated heterocycles. The average Bonchev–Trinajstić information content (AvgIpc) is 3.53. The van der Waals surface area contributed by atoms with Gasteiger partial charge in [-0.1, -0.05) is 48.5 Å². The number of nitrogens with zero attached hydrogens (tertiary/aromatic N) is 2. The minimum atomic E-state index is -0.986. The van der Waals surface area contributed by atoms with E-state index in [1.807, 2.05) is 73.8 Å². The van der Waals surface area contributed by atoms with Crippen LogP contribution in [0.2, 0.25) is 0 Å². The molecule has 0 fully saturated rings. The summed E-state index contributed by atoms with van der Waals surface area (Å²) >= 11 is 2.16. The van der Waals surface area contributed by atoms with Crippen LogP contribution in [0.25, 0.3) is 0 Å². The Labute approximate surface area is 216 Å². The van der Waals surface area contributed by atoms with Crippen LogP contribution in [0.15, 0.2) is 66.0 Å². The maximum atomic E-state index is 14.1. The van der Waals surface area contributed by atoms with Gasteiger partial charge in [-0.2, -0.15) is 4.37 Å². The van der Waals surface area contributed by atoms with Crippen LogP contribution in [-0.2, 0) is 11.3 Å². The summed E-state index contributed by atoms with van der Waals surface area (Å²) in [4.78, 5) is 41.7. The summed E-state index contributed by atoms with van der Waals surface area (Å²) in [5.74, 6) is -1.72. The first-order valence-corrected chi connectivity index (χ1v) is 12.7. The van der Waals surface area contributed by atoms with Crippen molar-refractivity contribution in [3.05, 3.63) is 98.2 Å². The molecule has 1 unspecified atom stereocenters. The number of aryl methyl sites for hydroxylation is 1. The molecule has 0 spiro atoms. The second-order valence-electron chi connectivity index (χ2n) is 8.15. The van der Waals surface area contributed by atoms with Crippen molar-refractivity contribution in [3.63, 3.8) is 0 Å². The van der Waals surface area contributed by atoms with E-state index in [9.17, 15) is 14.4 Å². The van der Waals surface area contributed by atoms with Gasteiger partial charge in [0.05, 0.1) is 5.69 Å². The molecule has 2 aromatic heterocycles. The normalized spacial score (nSPS) is 11.6. The van der Waals surface area contributed by atoms with Gasteiger partial charge in [0.25, 0.3) is 11.8 Å². The Hall–Kier alpha value is -4.02. The lowest BCUT2D eigenvalue weighted by molar-refractivity contribution is -0.122. The van der Waals surface area contributed by atoms with Gasteiger partial charge in [0, 0.05) is 17.1 Å². The van der Waals surface area contributed by atoms with Crippen molar-refractivity contribution >= 4 is 52.0 Å². The molecule has 0 radical (unpaired) electrons. The van der Waals surface area contributed by atoms with Gasteiger partial charge in [-0.15, -0.1) is 11.3 Å². The highest BCUT2D eigenvalue weighted by Gasteiger charge is 2.37. The van der Waals surface area contributed by atoms with Crippen molar-refractivity contribution in [2.45, 2.75) is 26.4 Å². The maximum Gasteiger partial charge on any atom is 0.273 e. The summed E-state index contributed by atoms with van der Waals surface area (Å²) < 4.78 is 3.99. The average molecular weight is 520 g/mol. The Kier molecular flexibility index (Phi) is 7.47. The third-order valence-corrected chi connectivity index (χ3v) is 7.61. The molecule has 36 heavy (non-hydrogen) atoms. The number of carbonyl (C=O) groups excluding carboxylic acids is 3. The maximum absolute atomic E-state index is 14.1. The van der Waals surface area contributed by atoms with E-state index in [4.69, 9.17) is 11.5 Å². The van der Waals surface area contributed by atoms with Crippen LogP contribution < -0.4 is 21.7 Å². The molecule has 5 N–H and O–H groups in total. The van der Waals surface area contributed by atoms with Crippen molar-refractivity contribution in [3.8, 4) is 0 Å². The fourth-order valence-electron chi connectivity index (χ4n) is 3.80. The highest BCUT2D eigenvalue weighted by Crippen LogP contribution is 2.36. The Morgan fingerprint density at radius 1 is 1.03 bits per heavy atom. The number of nitrogens with two attached hydrogens (primary N) is 2. The highest BCUT2D eigenvalue weighted by molar-refractivity contribution is 7.10. The van der Waals surface area contributed by atoms with E-state index in [-0.39, 0.29) is 22.2 Å². The molecule has 8 nitrogen and oxygen atoms in total. The van der Waals surface area contributed by atoms with Crippen molar-refractivity contribution in [1.82, 2.24) is 9.69 Å². The third-order valence-electron chi connectivity index (χ3n) is 5.84. The number of hydrogen-bond acceptors (Lipinski definition) is 7. The van der Waals surface area contributed by atoms with Crippen molar-refractivity contribution in [2.24, 2.45) is 5.73 Å². The van der Waals surface area contributed by atoms with Crippen LogP contribution in [0.4, 0.5) is 11.4 Å². The summed E-state index contributed by atoms with van der Waals surface area (Å²) in [6.07, 6.45) is 0. The fraction of sp³-hybridized carbons (Fsp3) is 0.154. The van der Waals surface area contributed by atoms with Crippen molar-refractivity contribution in [2.75, 3.05) is 10.6 Å². The van der Waals surface area contributed by atoms with Crippen molar-refractivity contribution < 1.29 is 14.4 Å². The van der Waals surface area contributed by atoms with Gasteiger partial charge in [-0.05, 0) is 59.6 Å². The number of benzene rings is 2. The van der Waals surface area contributed by atoms with Gasteiger partial charge in [0.1, 0.15) is 4.88 Å². The molecule has 0 saturated carbocycles. The Morgan fingerprint density at radius 2 is 1.78 bits per heavy atom. The van der Waals surface area contributed by atoms with E-state index in [0.717, 1.165) is 28.2 Å². The number of rotatable bonds is 8. The molecule has 2 aromatic carbocycles. The fourth-order valence-corrected chi connectivity index (χ4v) is 5.36. The quantitative estimate of drug-likeness (QED) is 0.321. The standard InChI is InChI=1S/C26H25N5O3S2/c1-15-8-6-11-18(16(15)2)31(26(34)23-20(27)21(24(28)32)30-36-23)22(19-12-7-13-35-19)25(33)29-14-17-9-4-3-5-10-17/h3-13,22H,14,27H2,1-2H3,(H2,28,32)(H,29,33). The van der Waals surface area contributed by atoms with E-state index < -0.39 is 17.9 Å². The van der Waals surface area contributed by atoms with Gasteiger partial charge >= 0.3 is 0 Å². The molecule has 1 atom stereocenters. The predicted octanol–water partition coefficient (Wildman–Crippen LogP) is 4.21. The van der Waals surface area contributed by atoms with Gasteiger partial charge in [-0.3, -0.25) is 19.3 Å². The van der Waals surface area contributed by atoms with E-state index in [0.29, 0.717) is 17.1 Å². The van der Waals surface area contributed by atoms with E-state index in [1.165, 1.54) is 16.2 Å². The van der Waals surface area contributed by atoms with Gasteiger partial charge in [0.2, 0.25) is 5.91 Å². The predicted molar refractivity (Wildman–Crippen MR) is 143 cm³/mol. The van der Waals surface area contributed by atoms with E-state index in [2.05, 4.69) is 9.69 Å². The molecule has 3 amide bonds. The van der Waals surface area contributed by atoms with Gasteiger partial charge in [-0.25, -0.2) is 0 Å². The Bertz CT molecular complexity index is 1400. The molecule has 4 rings (SSSR count). The second kappa shape index (κ2) is 10.7. The summed E-state index contributed by atoms with van der Waals surface area (Å²) in [5.41, 5.74) is 14.5. The SMILES string of the molecule is Cc1cccc(N(C(=O)c2snc(C(N)=O)c2N)C(C(=O)NCc2ccccc2)c2cccs2)c1C. The lowest BCUT2D eigenvalue weighted by atomic mass is 10.0. The molecular formula is C26H25N5O3S2. The topological polar surface area (TPSA) is 131 Å². The first-order chi connectivity index (χ1) is 17.3. The number of nitrogen functional groups attached to an aromatic ring is 1. The number of aromatic nitrogens is 1. The minimum Gasteiger partial charge on any atom is -0.395 e. The molecule has 10 heteroatoms. The van der Waals surface area contributed by atoms with E-state index in [1.54, 1.807) is 6.07 Å². The molecule has 4 aromatic rings. The molecule has 184 valence electrons. The lowest BCUT2D eigenvalue weighted by Gasteiger charge is -2.32. The van der Waals surface area contributed by atoms with E-state index >= 15 is 0 Å². The molecule has 0 aliphatic carbocycles. The number of anilines is 2. The Balaban J connectivity index is 1.82.